The van der Waals surface area contributed by atoms with Crippen LogP contribution in [0.4, 0.5) is 0 Å². The van der Waals surface area contributed by atoms with E-state index in [4.69, 9.17) is 9.47 Å². The SMILES string of the molecule is CNCc1ccc(C)c2c1OCOC2. The van der Waals surface area contributed by atoms with Crippen LogP contribution >= 0.6 is 0 Å². The summed E-state index contributed by atoms with van der Waals surface area (Å²) in [5.41, 5.74) is 3.62. The molecule has 1 aromatic rings. The monoisotopic (exact) mass is 193 g/mol. The Morgan fingerprint density at radius 3 is 3.07 bits per heavy atom. The molecule has 0 radical (unpaired) electrons. The first-order valence-corrected chi connectivity index (χ1v) is 4.79. The molecule has 0 fully saturated rings. The lowest BCUT2D eigenvalue weighted by atomic mass is 10.0. The average molecular weight is 193 g/mol. The van der Waals surface area contributed by atoms with E-state index in [1.807, 2.05) is 7.05 Å². The van der Waals surface area contributed by atoms with Crippen molar-refractivity contribution in [1.82, 2.24) is 5.32 Å². The number of rotatable bonds is 2. The van der Waals surface area contributed by atoms with Crippen molar-refractivity contribution in [3.63, 3.8) is 0 Å². The Balaban J connectivity index is 2.42. The van der Waals surface area contributed by atoms with Crippen molar-refractivity contribution in [3.05, 3.63) is 28.8 Å². The first-order valence-electron chi connectivity index (χ1n) is 4.79. The first-order chi connectivity index (χ1) is 6.83. The van der Waals surface area contributed by atoms with Crippen molar-refractivity contribution in [2.75, 3.05) is 13.8 Å². The van der Waals surface area contributed by atoms with Gasteiger partial charge in [-0.05, 0) is 19.5 Å². The Morgan fingerprint density at radius 1 is 1.43 bits per heavy atom. The van der Waals surface area contributed by atoms with Crippen LogP contribution in [0.1, 0.15) is 16.7 Å². The van der Waals surface area contributed by atoms with Gasteiger partial charge in [-0.25, -0.2) is 0 Å². The van der Waals surface area contributed by atoms with Crippen LogP contribution in [0.5, 0.6) is 5.75 Å². The molecule has 0 bridgehead atoms. The van der Waals surface area contributed by atoms with E-state index in [0.717, 1.165) is 12.3 Å². The normalized spacial score (nSPS) is 14.7. The zero-order chi connectivity index (χ0) is 9.97. The summed E-state index contributed by atoms with van der Waals surface area (Å²) in [4.78, 5) is 0. The van der Waals surface area contributed by atoms with Gasteiger partial charge in [-0.15, -0.1) is 0 Å². The minimum atomic E-state index is 0.368. The van der Waals surface area contributed by atoms with Gasteiger partial charge in [-0.2, -0.15) is 0 Å². The van der Waals surface area contributed by atoms with Gasteiger partial charge in [0.25, 0.3) is 0 Å². The largest absolute Gasteiger partial charge is 0.467 e. The predicted molar refractivity (Wildman–Crippen MR) is 54.2 cm³/mol. The summed E-state index contributed by atoms with van der Waals surface area (Å²) in [6.45, 7) is 3.95. The van der Waals surface area contributed by atoms with E-state index in [9.17, 15) is 0 Å². The van der Waals surface area contributed by atoms with Gasteiger partial charge in [0.05, 0.1) is 6.61 Å². The average Bonchev–Trinajstić information content (AvgIpc) is 2.23. The molecule has 1 aromatic carbocycles. The number of fused-ring (bicyclic) bond motifs is 1. The molecule has 1 aliphatic rings. The minimum Gasteiger partial charge on any atom is -0.467 e. The highest BCUT2D eigenvalue weighted by Gasteiger charge is 2.16. The van der Waals surface area contributed by atoms with Gasteiger partial charge in [0.15, 0.2) is 6.79 Å². The molecule has 0 saturated heterocycles. The second-order valence-corrected chi connectivity index (χ2v) is 3.49. The Bertz CT molecular complexity index is 336. The van der Waals surface area contributed by atoms with E-state index in [1.165, 1.54) is 16.7 Å². The van der Waals surface area contributed by atoms with E-state index in [1.54, 1.807) is 0 Å². The lowest BCUT2D eigenvalue weighted by Crippen LogP contribution is -2.16. The summed E-state index contributed by atoms with van der Waals surface area (Å²) in [6, 6.07) is 4.22. The van der Waals surface area contributed by atoms with Crippen molar-refractivity contribution in [2.24, 2.45) is 0 Å². The summed E-state index contributed by atoms with van der Waals surface area (Å²) in [6.07, 6.45) is 0. The molecule has 0 aromatic heterocycles. The highest BCUT2D eigenvalue weighted by Crippen LogP contribution is 2.30. The van der Waals surface area contributed by atoms with Crippen molar-refractivity contribution in [3.8, 4) is 5.75 Å². The third-order valence-electron chi connectivity index (χ3n) is 2.48. The number of aryl methyl sites for hydroxylation is 1. The highest BCUT2D eigenvalue weighted by molar-refractivity contribution is 5.46. The molecule has 0 saturated carbocycles. The topological polar surface area (TPSA) is 30.5 Å². The Labute approximate surface area is 84.0 Å². The third kappa shape index (κ3) is 1.61. The van der Waals surface area contributed by atoms with Gasteiger partial charge in [-0.1, -0.05) is 12.1 Å². The van der Waals surface area contributed by atoms with E-state index in [-0.39, 0.29) is 0 Å². The number of hydrogen-bond acceptors (Lipinski definition) is 3. The number of nitrogens with one attached hydrogen (secondary N) is 1. The van der Waals surface area contributed by atoms with Crippen LogP contribution in [0.25, 0.3) is 0 Å². The summed E-state index contributed by atoms with van der Waals surface area (Å²) >= 11 is 0. The number of benzene rings is 1. The van der Waals surface area contributed by atoms with Crippen LogP contribution in [0.3, 0.4) is 0 Å². The summed E-state index contributed by atoms with van der Waals surface area (Å²) in [7, 11) is 1.94. The Kier molecular flexibility index (Phi) is 2.70. The molecule has 3 nitrogen and oxygen atoms in total. The van der Waals surface area contributed by atoms with Crippen LogP contribution < -0.4 is 10.1 Å². The Morgan fingerprint density at radius 2 is 2.29 bits per heavy atom. The fourth-order valence-electron chi connectivity index (χ4n) is 1.71. The molecule has 76 valence electrons. The van der Waals surface area contributed by atoms with Crippen LogP contribution in [0.2, 0.25) is 0 Å². The zero-order valence-electron chi connectivity index (χ0n) is 8.59. The quantitative estimate of drug-likeness (QED) is 0.773. The van der Waals surface area contributed by atoms with Gasteiger partial charge in [0, 0.05) is 17.7 Å². The molecule has 0 spiro atoms. The van der Waals surface area contributed by atoms with Gasteiger partial charge in [0.2, 0.25) is 0 Å². The van der Waals surface area contributed by atoms with Gasteiger partial charge < -0.3 is 14.8 Å². The van der Waals surface area contributed by atoms with Gasteiger partial charge in [0.1, 0.15) is 5.75 Å². The first kappa shape index (κ1) is 9.49. The van der Waals surface area contributed by atoms with Crippen molar-refractivity contribution in [2.45, 2.75) is 20.1 Å². The van der Waals surface area contributed by atoms with Gasteiger partial charge in [-0.3, -0.25) is 0 Å². The van der Waals surface area contributed by atoms with E-state index >= 15 is 0 Å². The third-order valence-corrected chi connectivity index (χ3v) is 2.48. The molecule has 0 unspecified atom stereocenters. The fourth-order valence-corrected chi connectivity index (χ4v) is 1.71. The summed E-state index contributed by atoms with van der Waals surface area (Å²) < 4.78 is 10.8. The molecular formula is C11H15NO2. The van der Waals surface area contributed by atoms with E-state index in [0.29, 0.717) is 13.4 Å². The maximum Gasteiger partial charge on any atom is 0.189 e. The molecule has 0 atom stereocenters. The molecule has 1 aliphatic heterocycles. The van der Waals surface area contributed by atoms with E-state index < -0.39 is 0 Å². The molecule has 0 aliphatic carbocycles. The van der Waals surface area contributed by atoms with Crippen molar-refractivity contribution < 1.29 is 9.47 Å². The number of ether oxygens (including phenoxy) is 2. The molecule has 2 rings (SSSR count). The lowest BCUT2D eigenvalue weighted by molar-refractivity contribution is -0.0174. The number of hydrogen-bond donors (Lipinski definition) is 1. The highest BCUT2D eigenvalue weighted by atomic mass is 16.7. The molecule has 1 N–H and O–H groups in total. The molecule has 3 heteroatoms. The smallest absolute Gasteiger partial charge is 0.189 e. The minimum absolute atomic E-state index is 0.368. The second-order valence-electron chi connectivity index (χ2n) is 3.49. The van der Waals surface area contributed by atoms with Crippen LogP contribution in [-0.4, -0.2) is 13.8 Å². The predicted octanol–water partition coefficient (Wildman–Crippen LogP) is 1.58. The summed E-state index contributed by atoms with van der Waals surface area (Å²) in [5.74, 6) is 1.01. The van der Waals surface area contributed by atoms with E-state index in [2.05, 4.69) is 24.4 Å². The zero-order valence-corrected chi connectivity index (χ0v) is 8.59. The maximum absolute atomic E-state index is 5.53. The van der Waals surface area contributed by atoms with Crippen molar-refractivity contribution >= 4 is 0 Å². The molecule has 1 heterocycles. The molecular weight excluding hydrogens is 178 g/mol. The fraction of sp³-hybridized carbons (Fsp3) is 0.455. The summed E-state index contributed by atoms with van der Waals surface area (Å²) in [5, 5.41) is 3.13. The Hall–Kier alpha value is -1.06. The van der Waals surface area contributed by atoms with Crippen molar-refractivity contribution in [1.29, 1.82) is 0 Å². The molecule has 14 heavy (non-hydrogen) atoms. The molecule has 0 amide bonds. The maximum atomic E-state index is 5.53. The van der Waals surface area contributed by atoms with Crippen LogP contribution in [0, 0.1) is 6.92 Å². The standard InChI is InChI=1S/C11H15NO2/c1-8-3-4-9(5-12-2)11-10(8)6-13-7-14-11/h3-4,12H,5-7H2,1-2H3. The second kappa shape index (κ2) is 3.98. The van der Waals surface area contributed by atoms with Crippen LogP contribution in [0.15, 0.2) is 12.1 Å². The van der Waals surface area contributed by atoms with Gasteiger partial charge >= 0.3 is 0 Å². The lowest BCUT2D eigenvalue weighted by Gasteiger charge is -2.22. The van der Waals surface area contributed by atoms with Crippen LogP contribution in [-0.2, 0) is 17.9 Å².